The van der Waals surface area contributed by atoms with Gasteiger partial charge in [-0.2, -0.15) is 0 Å². The molecule has 5 unspecified atom stereocenters. The fourth-order valence-electron chi connectivity index (χ4n) is 2.91. The molecule has 5 atom stereocenters. The number of esters is 5. The SMILES string of the molecule is CCOC(=O)C(=CNC1OC(COC(C)=O)C(OC(C)=O)C(N)C1OC(C)=O)C(=O)OCC. The fraction of sp³-hybridized carbons (Fsp3) is 0.650. The predicted octanol–water partition coefficient (Wildman–Crippen LogP) is -0.935. The first-order valence-corrected chi connectivity index (χ1v) is 10.2. The summed E-state index contributed by atoms with van der Waals surface area (Å²) in [5.41, 5.74) is 5.73. The van der Waals surface area contributed by atoms with E-state index in [1.54, 1.807) is 13.8 Å². The molecule has 1 saturated heterocycles. The molecule has 0 aromatic carbocycles. The van der Waals surface area contributed by atoms with Crippen molar-refractivity contribution >= 4 is 29.8 Å². The van der Waals surface area contributed by atoms with Crippen molar-refractivity contribution in [1.29, 1.82) is 0 Å². The van der Waals surface area contributed by atoms with E-state index in [9.17, 15) is 24.0 Å². The van der Waals surface area contributed by atoms with Crippen LogP contribution >= 0.6 is 0 Å². The second-order valence-electron chi connectivity index (χ2n) is 6.79. The molecule has 0 saturated carbocycles. The molecule has 33 heavy (non-hydrogen) atoms. The van der Waals surface area contributed by atoms with Gasteiger partial charge in [-0.1, -0.05) is 0 Å². The number of ether oxygens (including phenoxy) is 6. The lowest BCUT2D eigenvalue weighted by atomic mass is 9.95. The quantitative estimate of drug-likeness (QED) is 0.130. The lowest BCUT2D eigenvalue weighted by Crippen LogP contribution is -2.67. The first kappa shape index (κ1) is 27.8. The molecule has 1 heterocycles. The maximum Gasteiger partial charge on any atom is 0.347 e. The Morgan fingerprint density at radius 2 is 1.36 bits per heavy atom. The van der Waals surface area contributed by atoms with Gasteiger partial charge in [-0.3, -0.25) is 14.4 Å². The molecule has 13 nitrogen and oxygen atoms in total. The summed E-state index contributed by atoms with van der Waals surface area (Å²) in [5, 5.41) is 2.65. The molecule has 1 fully saturated rings. The average Bonchev–Trinajstić information content (AvgIpc) is 2.71. The predicted molar refractivity (Wildman–Crippen MR) is 109 cm³/mol. The zero-order valence-electron chi connectivity index (χ0n) is 19.2. The molecule has 186 valence electrons. The lowest BCUT2D eigenvalue weighted by Gasteiger charge is -2.43. The number of rotatable bonds is 10. The van der Waals surface area contributed by atoms with Gasteiger partial charge in [0.1, 0.15) is 12.7 Å². The Morgan fingerprint density at radius 1 is 0.848 bits per heavy atom. The Kier molecular flexibility index (Phi) is 11.3. The van der Waals surface area contributed by atoms with Crippen molar-refractivity contribution in [3.8, 4) is 0 Å². The molecule has 1 aliphatic rings. The highest BCUT2D eigenvalue weighted by Gasteiger charge is 2.48. The van der Waals surface area contributed by atoms with Gasteiger partial charge in [0.05, 0.1) is 19.3 Å². The number of hydrogen-bond donors (Lipinski definition) is 2. The van der Waals surface area contributed by atoms with Gasteiger partial charge in [0.25, 0.3) is 0 Å². The van der Waals surface area contributed by atoms with Gasteiger partial charge in [0.15, 0.2) is 24.0 Å². The third-order valence-electron chi connectivity index (χ3n) is 4.18. The highest BCUT2D eigenvalue weighted by Crippen LogP contribution is 2.25. The van der Waals surface area contributed by atoms with Crippen molar-refractivity contribution in [1.82, 2.24) is 5.32 Å². The van der Waals surface area contributed by atoms with E-state index in [1.165, 1.54) is 6.92 Å². The second-order valence-corrected chi connectivity index (χ2v) is 6.79. The van der Waals surface area contributed by atoms with Crippen molar-refractivity contribution in [2.45, 2.75) is 65.2 Å². The van der Waals surface area contributed by atoms with Crippen LogP contribution in [0.3, 0.4) is 0 Å². The molecule has 0 radical (unpaired) electrons. The topological polar surface area (TPSA) is 179 Å². The number of carbonyl (C=O) groups is 5. The Morgan fingerprint density at radius 3 is 1.82 bits per heavy atom. The maximum absolute atomic E-state index is 12.2. The molecule has 0 aromatic rings. The summed E-state index contributed by atoms with van der Waals surface area (Å²) in [6.07, 6.45) is -3.65. The van der Waals surface area contributed by atoms with E-state index in [1.807, 2.05) is 0 Å². The van der Waals surface area contributed by atoms with Crippen LogP contribution in [0.1, 0.15) is 34.6 Å². The minimum atomic E-state index is -1.23. The Bertz CT molecular complexity index is 745. The molecule has 0 amide bonds. The van der Waals surface area contributed by atoms with Gasteiger partial charge in [0, 0.05) is 27.0 Å². The van der Waals surface area contributed by atoms with Gasteiger partial charge in [-0.15, -0.1) is 0 Å². The summed E-state index contributed by atoms with van der Waals surface area (Å²) in [7, 11) is 0. The van der Waals surface area contributed by atoms with Crippen LogP contribution in [0, 0.1) is 0 Å². The van der Waals surface area contributed by atoms with Crippen LogP contribution in [0.25, 0.3) is 0 Å². The molecule has 1 aliphatic heterocycles. The van der Waals surface area contributed by atoms with Gasteiger partial charge >= 0.3 is 29.8 Å². The van der Waals surface area contributed by atoms with E-state index >= 15 is 0 Å². The van der Waals surface area contributed by atoms with Gasteiger partial charge < -0.3 is 39.5 Å². The van der Waals surface area contributed by atoms with Crippen molar-refractivity contribution < 1.29 is 52.4 Å². The Labute approximate surface area is 190 Å². The second kappa shape index (κ2) is 13.4. The number of nitrogens with one attached hydrogen (secondary N) is 1. The van der Waals surface area contributed by atoms with Crippen LogP contribution < -0.4 is 11.1 Å². The largest absolute Gasteiger partial charge is 0.463 e. The molecule has 0 aliphatic carbocycles. The van der Waals surface area contributed by atoms with Crippen molar-refractivity contribution in [2.24, 2.45) is 5.73 Å². The third kappa shape index (κ3) is 8.69. The van der Waals surface area contributed by atoms with E-state index < -0.39 is 66.0 Å². The molecule has 0 aromatic heterocycles. The van der Waals surface area contributed by atoms with E-state index in [0.717, 1.165) is 20.0 Å². The van der Waals surface area contributed by atoms with Crippen LogP contribution in [0.15, 0.2) is 11.8 Å². The maximum atomic E-state index is 12.2. The van der Waals surface area contributed by atoms with Crippen LogP contribution in [0.4, 0.5) is 0 Å². The summed E-state index contributed by atoms with van der Waals surface area (Å²) in [5.74, 6) is -3.94. The van der Waals surface area contributed by atoms with Gasteiger partial charge in [-0.25, -0.2) is 9.59 Å². The molecule has 0 spiro atoms. The normalized spacial score (nSPS) is 24.0. The smallest absolute Gasteiger partial charge is 0.347 e. The van der Waals surface area contributed by atoms with Gasteiger partial charge in [0.2, 0.25) is 0 Å². The lowest BCUT2D eigenvalue weighted by molar-refractivity contribution is -0.220. The molecule has 13 heteroatoms. The number of carbonyl (C=O) groups excluding carboxylic acids is 5. The minimum absolute atomic E-state index is 0.00494. The zero-order valence-corrected chi connectivity index (χ0v) is 19.2. The van der Waals surface area contributed by atoms with Crippen molar-refractivity contribution in [3.63, 3.8) is 0 Å². The minimum Gasteiger partial charge on any atom is -0.463 e. The first-order valence-electron chi connectivity index (χ1n) is 10.2. The molecular weight excluding hydrogens is 444 g/mol. The summed E-state index contributed by atoms with van der Waals surface area (Å²) in [4.78, 5) is 58.8. The number of nitrogens with two attached hydrogens (primary N) is 1. The fourth-order valence-corrected chi connectivity index (χ4v) is 2.91. The van der Waals surface area contributed by atoms with E-state index in [2.05, 4.69) is 5.32 Å². The summed E-state index contributed by atoms with van der Waals surface area (Å²) in [6, 6.07) is -1.12. The third-order valence-corrected chi connectivity index (χ3v) is 4.18. The van der Waals surface area contributed by atoms with Crippen LogP contribution in [0.5, 0.6) is 0 Å². The molecule has 1 rings (SSSR count). The highest BCUT2D eigenvalue weighted by atomic mass is 16.6. The average molecular weight is 474 g/mol. The van der Waals surface area contributed by atoms with Crippen LogP contribution in [-0.4, -0.2) is 80.2 Å². The highest BCUT2D eigenvalue weighted by molar-refractivity contribution is 6.13. The van der Waals surface area contributed by atoms with E-state index in [-0.39, 0.29) is 19.8 Å². The molecular formula is C20H30N2O11. The van der Waals surface area contributed by atoms with Crippen LogP contribution in [0.2, 0.25) is 0 Å². The van der Waals surface area contributed by atoms with Crippen molar-refractivity contribution in [2.75, 3.05) is 19.8 Å². The standard InChI is InChI=1S/C20H30N2O11/c1-6-28-19(26)13(20(27)29-7-2)8-22-18-17(32-12(5)25)15(21)16(31-11(4)24)14(33-18)9-30-10(3)23/h8,14-18,22H,6-7,9,21H2,1-5H3. The summed E-state index contributed by atoms with van der Waals surface area (Å²) in [6.45, 7) is 6.25. The zero-order chi connectivity index (χ0) is 25.1. The van der Waals surface area contributed by atoms with Gasteiger partial charge in [-0.05, 0) is 13.8 Å². The number of hydrogen-bond acceptors (Lipinski definition) is 13. The molecule has 0 bridgehead atoms. The summed E-state index contributed by atoms with van der Waals surface area (Å²) < 4.78 is 30.9. The Hall–Kier alpha value is -3.19. The van der Waals surface area contributed by atoms with E-state index in [4.69, 9.17) is 34.2 Å². The van der Waals surface area contributed by atoms with Crippen LogP contribution in [-0.2, 0) is 52.4 Å². The molecule has 3 N–H and O–H groups in total. The monoisotopic (exact) mass is 474 g/mol. The summed E-state index contributed by atoms with van der Waals surface area (Å²) >= 11 is 0. The van der Waals surface area contributed by atoms with E-state index in [0.29, 0.717) is 0 Å². The first-order chi connectivity index (χ1) is 15.5. The van der Waals surface area contributed by atoms with Crippen molar-refractivity contribution in [3.05, 3.63) is 11.8 Å². The Balaban J connectivity index is 3.27.